The Morgan fingerprint density at radius 1 is 0.632 bits per heavy atom. The van der Waals surface area contributed by atoms with Crippen LogP contribution in [0.2, 0.25) is 0 Å². The molecule has 338 valence electrons. The van der Waals surface area contributed by atoms with Crippen molar-refractivity contribution >= 4 is 88.0 Å². The molecule has 0 bridgehead atoms. The lowest BCUT2D eigenvalue weighted by Gasteiger charge is -2.31. The third kappa shape index (κ3) is 4.91. The predicted molar refractivity (Wildman–Crippen MR) is 282 cm³/mol. The Hall–Kier alpha value is -6.06. The molecule has 3 atom stereocenters. The molecule has 0 heterocycles. The summed E-state index contributed by atoms with van der Waals surface area (Å²) in [4.78, 5) is 24.2. The Morgan fingerprint density at radius 3 is 2.03 bits per heavy atom. The molecule has 1 spiro atoms. The Labute approximate surface area is 399 Å². The van der Waals surface area contributed by atoms with Crippen LogP contribution in [0.3, 0.4) is 0 Å². The minimum absolute atomic E-state index is 0.0263. The summed E-state index contributed by atoms with van der Waals surface area (Å²) >= 11 is 0. The first-order valence-corrected chi connectivity index (χ1v) is 26.1. The number of benzene rings is 8. The van der Waals surface area contributed by atoms with E-state index >= 15 is 0 Å². The lowest BCUT2D eigenvalue weighted by Crippen LogP contribution is -2.25. The van der Waals surface area contributed by atoms with E-state index in [2.05, 4.69) is 124 Å². The molecular weight excluding hydrogens is 829 g/mol. The van der Waals surface area contributed by atoms with Crippen molar-refractivity contribution in [1.82, 2.24) is 0 Å². The van der Waals surface area contributed by atoms with E-state index in [0.29, 0.717) is 25.2 Å². The number of allylic oxidation sites excluding steroid dienone is 3. The van der Waals surface area contributed by atoms with Crippen LogP contribution in [-0.2, 0) is 43.4 Å². The highest BCUT2D eigenvalue weighted by atomic mass is 16.5. The smallest absolute Gasteiger partial charge is 0.305 e. The summed E-state index contributed by atoms with van der Waals surface area (Å²) in [5.41, 5.74) is 14.7. The van der Waals surface area contributed by atoms with E-state index in [1.54, 1.807) is 66.7 Å². The Morgan fingerprint density at radius 2 is 1.28 bits per heavy atom. The second kappa shape index (κ2) is 14.3. The van der Waals surface area contributed by atoms with E-state index in [9.17, 15) is 9.59 Å². The van der Waals surface area contributed by atoms with Gasteiger partial charge in [-0.1, -0.05) is 162 Å². The maximum absolute atomic E-state index is 13.3. The Kier molecular flexibility index (Phi) is 8.59. The number of hydrogen-bond donors (Lipinski definition) is 0. The molecule has 1 saturated carbocycles. The third-order valence-electron chi connectivity index (χ3n) is 18.5. The Bertz CT molecular complexity index is 3660. The van der Waals surface area contributed by atoms with E-state index in [1.165, 1.54) is 86.2 Å². The monoisotopic (exact) mass is 888 g/mol. The molecule has 6 aliphatic carbocycles. The zero-order valence-corrected chi connectivity index (χ0v) is 40.2. The summed E-state index contributed by atoms with van der Waals surface area (Å²) in [6, 6.07) is 34.5. The quantitative estimate of drug-likeness (QED) is 0.0520. The number of esters is 1. The number of Topliss-reactive ketones (excluding diaryl/α,β-unsaturated/α-hetero) is 1. The number of rotatable bonds is 17. The average Bonchev–Trinajstić information content (AvgIpc) is 3.85. The van der Waals surface area contributed by atoms with Crippen molar-refractivity contribution in [2.75, 3.05) is 6.61 Å². The maximum atomic E-state index is 13.3. The molecule has 6 aliphatic rings. The van der Waals surface area contributed by atoms with Crippen LogP contribution in [0.4, 0.5) is 0 Å². The van der Waals surface area contributed by atoms with Crippen LogP contribution in [0.15, 0.2) is 103 Å². The van der Waals surface area contributed by atoms with E-state index < -0.39 is 0 Å². The van der Waals surface area contributed by atoms with Crippen molar-refractivity contribution in [3.05, 3.63) is 153 Å². The highest BCUT2D eigenvalue weighted by molar-refractivity contribution is 6.52. The molecule has 9 aromatic carbocycles. The molecule has 3 nitrogen and oxygen atoms in total. The fourth-order valence-electron chi connectivity index (χ4n) is 16.0. The van der Waals surface area contributed by atoms with Gasteiger partial charge < -0.3 is 9.53 Å². The molecule has 3 unspecified atom stereocenters. The molecule has 15 rings (SSSR count). The SMILES string of the molecule is CC(=O)CCCC(C)(C)c1ccccc1.CCCCCCCCOC(=O)CCCC1(c2ccccc2)C23C=Cc4cc5c6c7c4C21c1c2c4c(cc8ccc9cc(c6c6c9c8c4c6c17)C5)CC2=C3. The first-order valence-electron chi connectivity index (χ1n) is 26.1. The fourth-order valence-corrected chi connectivity index (χ4v) is 16.0. The van der Waals surface area contributed by atoms with Crippen LogP contribution in [0.5, 0.6) is 0 Å². The van der Waals surface area contributed by atoms with Crippen molar-refractivity contribution in [1.29, 1.82) is 0 Å². The number of hydrogen-bond acceptors (Lipinski definition) is 3. The van der Waals surface area contributed by atoms with E-state index in [0.717, 1.165) is 51.4 Å². The zero-order chi connectivity index (χ0) is 45.9. The van der Waals surface area contributed by atoms with Gasteiger partial charge in [-0.2, -0.15) is 0 Å². The zero-order valence-electron chi connectivity index (χ0n) is 40.2. The van der Waals surface area contributed by atoms with E-state index in [4.69, 9.17) is 4.74 Å². The molecule has 0 saturated heterocycles. The van der Waals surface area contributed by atoms with Crippen molar-refractivity contribution < 1.29 is 14.3 Å². The van der Waals surface area contributed by atoms with E-state index in [1.807, 2.05) is 6.07 Å². The second-order valence-corrected chi connectivity index (χ2v) is 22.5. The Balaban J connectivity index is 0.000000253. The van der Waals surface area contributed by atoms with Crippen LogP contribution in [0.1, 0.15) is 155 Å². The van der Waals surface area contributed by atoms with Crippen LogP contribution in [0.25, 0.3) is 76.3 Å². The topological polar surface area (TPSA) is 43.4 Å². The van der Waals surface area contributed by atoms with Crippen LogP contribution in [-0.4, -0.2) is 18.4 Å². The van der Waals surface area contributed by atoms with Crippen molar-refractivity contribution in [2.24, 2.45) is 5.41 Å². The predicted octanol–water partition coefficient (Wildman–Crippen LogP) is 16.1. The van der Waals surface area contributed by atoms with Gasteiger partial charge in [-0.25, -0.2) is 0 Å². The highest BCUT2D eigenvalue weighted by Crippen LogP contribution is 2.91. The molecule has 0 N–H and O–H groups in total. The molecule has 68 heavy (non-hydrogen) atoms. The van der Waals surface area contributed by atoms with Gasteiger partial charge in [0.2, 0.25) is 0 Å². The summed E-state index contributed by atoms with van der Waals surface area (Å²) in [6.07, 6.45) is 22.2. The van der Waals surface area contributed by atoms with Gasteiger partial charge in [-0.05, 0) is 178 Å². The molecular formula is C65H60O3. The highest BCUT2D eigenvalue weighted by Gasteiger charge is 2.89. The molecule has 0 amide bonds. The molecule has 0 aromatic heterocycles. The van der Waals surface area contributed by atoms with Gasteiger partial charge in [-0.3, -0.25) is 4.79 Å². The number of unbranched alkanes of at least 4 members (excludes halogenated alkanes) is 5. The first kappa shape index (κ1) is 41.0. The van der Waals surface area contributed by atoms with Gasteiger partial charge >= 0.3 is 5.97 Å². The summed E-state index contributed by atoms with van der Waals surface area (Å²) < 4.78 is 5.87. The van der Waals surface area contributed by atoms with Crippen LogP contribution < -0.4 is 0 Å². The van der Waals surface area contributed by atoms with Gasteiger partial charge in [0, 0.05) is 29.1 Å². The number of carbonyl (C=O) groups is 2. The van der Waals surface area contributed by atoms with Crippen molar-refractivity contribution in [3.63, 3.8) is 0 Å². The lowest BCUT2D eigenvalue weighted by atomic mass is 9.70. The normalized spacial score (nSPS) is 21.6. The second-order valence-electron chi connectivity index (χ2n) is 22.5. The number of carbonyl (C=O) groups excluding carboxylic acids is 2. The summed E-state index contributed by atoms with van der Waals surface area (Å²) in [5, 5.41) is 18.3. The van der Waals surface area contributed by atoms with Crippen molar-refractivity contribution in [2.45, 2.75) is 134 Å². The van der Waals surface area contributed by atoms with Gasteiger partial charge in [0.25, 0.3) is 0 Å². The number of ether oxygens (including phenoxy) is 1. The van der Waals surface area contributed by atoms with Crippen LogP contribution >= 0.6 is 0 Å². The van der Waals surface area contributed by atoms with E-state index in [-0.39, 0.29) is 27.6 Å². The minimum atomic E-state index is -0.188. The largest absolute Gasteiger partial charge is 0.466 e. The third-order valence-corrected chi connectivity index (χ3v) is 18.5. The van der Waals surface area contributed by atoms with Gasteiger partial charge in [0.05, 0.1) is 6.61 Å². The maximum Gasteiger partial charge on any atom is 0.305 e. The summed E-state index contributed by atoms with van der Waals surface area (Å²) in [7, 11) is 0. The van der Waals surface area contributed by atoms with Crippen molar-refractivity contribution in [3.8, 4) is 0 Å². The molecule has 0 radical (unpaired) electrons. The molecule has 9 aromatic rings. The van der Waals surface area contributed by atoms with Gasteiger partial charge in [-0.15, -0.1) is 0 Å². The fraction of sp³-hybridized carbons (Fsp3) is 0.354. The van der Waals surface area contributed by atoms with Gasteiger partial charge in [0.1, 0.15) is 5.78 Å². The average molecular weight is 889 g/mol. The lowest BCUT2D eigenvalue weighted by molar-refractivity contribution is -0.144. The first-order chi connectivity index (χ1) is 33.2. The standard InChI is InChI=1S/C51H40O2.C14H20O/c1-2-3-4-5-6-10-20-53-35(52)14-11-18-50(34-12-8-7-9-13-34)49-19-17-29-23-32-24-30-21-27-15-16-28-22-31-25-33(26-49)41-40(31)43-37(28)36(27)42-38(30)39(32)45-46(44(42)43)48(41)51(49,50)47(29)45;1-12(15)8-7-11-14(2,3)13-9-5-4-6-10-13/h7-9,12-13,15-17,19,21-23,26H,2-6,10-11,14,18,20,24-25H2,1H3;4-6,9-10H,7-8,11H2,1-3H3. The van der Waals surface area contributed by atoms with Crippen LogP contribution in [0, 0.1) is 5.41 Å². The minimum Gasteiger partial charge on any atom is -0.466 e. The molecule has 1 fully saturated rings. The summed E-state index contributed by atoms with van der Waals surface area (Å²) in [5.74, 6) is 0.264. The molecule has 3 heteroatoms. The molecule has 0 aliphatic heterocycles. The van der Waals surface area contributed by atoms with Gasteiger partial charge in [0.15, 0.2) is 0 Å². The summed E-state index contributed by atoms with van der Waals surface area (Å²) in [6.45, 7) is 8.95. The number of ketones is 1.